The van der Waals surface area contributed by atoms with Crippen LogP contribution < -0.4 is 15.4 Å². The Labute approximate surface area is 141 Å². The zero-order valence-corrected chi connectivity index (χ0v) is 13.5. The maximum Gasteiger partial charge on any atom is 0.313 e. The van der Waals surface area contributed by atoms with Crippen LogP contribution in [0.15, 0.2) is 67.3 Å². The van der Waals surface area contributed by atoms with Crippen molar-refractivity contribution in [3.8, 4) is 5.75 Å². The summed E-state index contributed by atoms with van der Waals surface area (Å²) in [7, 11) is 0. The van der Waals surface area contributed by atoms with Gasteiger partial charge in [0.25, 0.3) is 0 Å². The maximum absolute atomic E-state index is 12.0. The largest absolute Gasteiger partial charge is 0.490 e. The van der Waals surface area contributed by atoms with Gasteiger partial charge in [-0.2, -0.15) is 0 Å². The summed E-state index contributed by atoms with van der Waals surface area (Å²) >= 11 is 0. The lowest BCUT2D eigenvalue weighted by atomic mass is 10.1. The van der Waals surface area contributed by atoms with Crippen LogP contribution in [0.2, 0.25) is 0 Å². The molecule has 0 aromatic heterocycles. The van der Waals surface area contributed by atoms with Crippen molar-refractivity contribution in [2.45, 2.75) is 13.0 Å². The van der Waals surface area contributed by atoms with Crippen molar-refractivity contribution in [3.05, 3.63) is 72.8 Å². The smallest absolute Gasteiger partial charge is 0.313 e. The lowest BCUT2D eigenvalue weighted by Crippen LogP contribution is -2.36. The third-order valence-corrected chi connectivity index (χ3v) is 3.33. The Kier molecular flexibility index (Phi) is 6.14. The Balaban J connectivity index is 1.89. The Hall–Kier alpha value is -3.08. The molecule has 0 radical (unpaired) electrons. The average Bonchev–Trinajstić information content (AvgIpc) is 2.61. The molecule has 124 valence electrons. The van der Waals surface area contributed by atoms with Crippen LogP contribution in [0.25, 0.3) is 0 Å². The van der Waals surface area contributed by atoms with Crippen molar-refractivity contribution < 1.29 is 14.3 Å². The molecule has 2 aromatic rings. The number of amides is 2. The van der Waals surface area contributed by atoms with Crippen molar-refractivity contribution in [2.24, 2.45) is 0 Å². The standard InChI is InChI=1S/C19H20N2O3/c1-3-13-24-17-11-9-16(10-12-17)21-19(23)18(22)20-14(2)15-7-5-4-6-8-15/h3-12,14H,1,13H2,2H3,(H,20,22)(H,21,23)/t14-/m0/s1. The second-order valence-electron chi connectivity index (χ2n) is 5.18. The lowest BCUT2D eigenvalue weighted by Gasteiger charge is -2.14. The molecule has 0 aliphatic carbocycles. The molecule has 2 N–H and O–H groups in total. The molecule has 0 spiro atoms. The predicted octanol–water partition coefficient (Wildman–Crippen LogP) is 3.07. The van der Waals surface area contributed by atoms with Crippen molar-refractivity contribution in [1.29, 1.82) is 0 Å². The van der Waals surface area contributed by atoms with Crippen LogP contribution in [0.1, 0.15) is 18.5 Å². The van der Waals surface area contributed by atoms with E-state index in [4.69, 9.17) is 4.74 Å². The van der Waals surface area contributed by atoms with Gasteiger partial charge >= 0.3 is 11.8 Å². The lowest BCUT2D eigenvalue weighted by molar-refractivity contribution is -0.136. The number of hydrogen-bond donors (Lipinski definition) is 2. The summed E-state index contributed by atoms with van der Waals surface area (Å²) in [5, 5.41) is 5.22. The molecule has 1 atom stereocenters. The van der Waals surface area contributed by atoms with Crippen LogP contribution in [0, 0.1) is 0 Å². The number of benzene rings is 2. The molecule has 2 aromatic carbocycles. The summed E-state index contributed by atoms with van der Waals surface area (Å²) in [5.41, 5.74) is 1.45. The molecule has 0 saturated carbocycles. The summed E-state index contributed by atoms with van der Waals surface area (Å²) < 4.78 is 5.35. The van der Waals surface area contributed by atoms with Gasteiger partial charge in [-0.25, -0.2) is 0 Å². The highest BCUT2D eigenvalue weighted by atomic mass is 16.5. The number of carbonyl (C=O) groups excluding carboxylic acids is 2. The summed E-state index contributed by atoms with van der Waals surface area (Å²) in [6.45, 7) is 5.80. The Morgan fingerprint density at radius 2 is 1.75 bits per heavy atom. The number of anilines is 1. The summed E-state index contributed by atoms with van der Waals surface area (Å²) in [4.78, 5) is 23.9. The van der Waals surface area contributed by atoms with Crippen LogP contribution in [-0.4, -0.2) is 18.4 Å². The molecule has 5 nitrogen and oxygen atoms in total. The van der Waals surface area contributed by atoms with Crippen LogP contribution in [0.3, 0.4) is 0 Å². The normalized spacial score (nSPS) is 11.2. The van der Waals surface area contributed by atoms with Gasteiger partial charge in [0, 0.05) is 5.69 Å². The average molecular weight is 324 g/mol. The van der Waals surface area contributed by atoms with E-state index >= 15 is 0 Å². The third kappa shape index (κ3) is 4.98. The van der Waals surface area contributed by atoms with E-state index in [0.29, 0.717) is 18.0 Å². The van der Waals surface area contributed by atoms with E-state index in [1.807, 2.05) is 37.3 Å². The third-order valence-electron chi connectivity index (χ3n) is 3.33. The van der Waals surface area contributed by atoms with E-state index in [1.54, 1.807) is 30.3 Å². The SMILES string of the molecule is C=CCOc1ccc(NC(=O)C(=O)N[C@@H](C)c2ccccc2)cc1. The van der Waals surface area contributed by atoms with Crippen LogP contribution in [0.4, 0.5) is 5.69 Å². The first-order chi connectivity index (χ1) is 11.6. The van der Waals surface area contributed by atoms with Crippen molar-refractivity contribution >= 4 is 17.5 Å². The monoisotopic (exact) mass is 324 g/mol. The number of rotatable bonds is 6. The minimum Gasteiger partial charge on any atom is -0.490 e. The molecule has 5 heteroatoms. The molecule has 0 aliphatic heterocycles. The zero-order chi connectivity index (χ0) is 17.4. The molecule has 0 fully saturated rings. The van der Waals surface area contributed by atoms with Gasteiger partial charge in [0.05, 0.1) is 6.04 Å². The van der Waals surface area contributed by atoms with E-state index in [-0.39, 0.29) is 6.04 Å². The molecule has 0 heterocycles. The Bertz CT molecular complexity index is 696. The first kappa shape index (κ1) is 17.3. The first-order valence-electron chi connectivity index (χ1n) is 7.60. The van der Waals surface area contributed by atoms with Crippen LogP contribution in [-0.2, 0) is 9.59 Å². The van der Waals surface area contributed by atoms with Crippen molar-refractivity contribution in [1.82, 2.24) is 5.32 Å². The second-order valence-corrected chi connectivity index (χ2v) is 5.18. The summed E-state index contributed by atoms with van der Waals surface area (Å²) in [6.07, 6.45) is 1.65. The fourth-order valence-corrected chi connectivity index (χ4v) is 2.06. The molecular weight excluding hydrogens is 304 g/mol. The highest BCUT2D eigenvalue weighted by Crippen LogP contribution is 2.16. The van der Waals surface area contributed by atoms with E-state index in [9.17, 15) is 9.59 Å². The number of hydrogen-bond acceptors (Lipinski definition) is 3. The molecule has 0 unspecified atom stereocenters. The predicted molar refractivity (Wildman–Crippen MR) is 93.8 cm³/mol. The first-order valence-corrected chi connectivity index (χ1v) is 7.60. The van der Waals surface area contributed by atoms with Gasteiger partial charge in [0.1, 0.15) is 12.4 Å². The quantitative estimate of drug-likeness (QED) is 0.634. The van der Waals surface area contributed by atoms with Gasteiger partial charge in [-0.1, -0.05) is 43.0 Å². The van der Waals surface area contributed by atoms with Gasteiger partial charge in [-0.15, -0.1) is 0 Å². The minimum atomic E-state index is -0.711. The van der Waals surface area contributed by atoms with Crippen LogP contribution in [0.5, 0.6) is 5.75 Å². The molecule has 2 rings (SSSR count). The number of nitrogens with one attached hydrogen (secondary N) is 2. The summed E-state index contributed by atoms with van der Waals surface area (Å²) in [5.74, 6) is -0.731. The van der Waals surface area contributed by atoms with E-state index in [1.165, 1.54) is 0 Å². The minimum absolute atomic E-state index is 0.251. The molecule has 0 saturated heterocycles. The van der Waals surface area contributed by atoms with Gasteiger partial charge in [-0.3, -0.25) is 9.59 Å². The van der Waals surface area contributed by atoms with Crippen molar-refractivity contribution in [3.63, 3.8) is 0 Å². The van der Waals surface area contributed by atoms with Gasteiger partial charge < -0.3 is 15.4 Å². The summed E-state index contributed by atoms with van der Waals surface area (Å²) in [6, 6.07) is 16.0. The van der Waals surface area contributed by atoms with Gasteiger partial charge in [0.2, 0.25) is 0 Å². The van der Waals surface area contributed by atoms with E-state index in [2.05, 4.69) is 17.2 Å². The molecule has 0 aliphatic rings. The fourth-order valence-electron chi connectivity index (χ4n) is 2.06. The topological polar surface area (TPSA) is 67.4 Å². The molecular formula is C19H20N2O3. The van der Waals surface area contributed by atoms with Gasteiger partial charge in [0.15, 0.2) is 0 Å². The van der Waals surface area contributed by atoms with E-state index < -0.39 is 11.8 Å². The van der Waals surface area contributed by atoms with E-state index in [0.717, 1.165) is 5.56 Å². The Morgan fingerprint density at radius 1 is 1.08 bits per heavy atom. The second kappa shape index (κ2) is 8.53. The van der Waals surface area contributed by atoms with Crippen LogP contribution >= 0.6 is 0 Å². The highest BCUT2D eigenvalue weighted by molar-refractivity contribution is 6.39. The Morgan fingerprint density at radius 3 is 2.38 bits per heavy atom. The zero-order valence-electron chi connectivity index (χ0n) is 13.5. The van der Waals surface area contributed by atoms with Gasteiger partial charge in [-0.05, 0) is 36.8 Å². The highest BCUT2D eigenvalue weighted by Gasteiger charge is 2.17. The fraction of sp³-hybridized carbons (Fsp3) is 0.158. The molecule has 24 heavy (non-hydrogen) atoms. The maximum atomic E-state index is 12.0. The molecule has 2 amide bonds. The number of ether oxygens (including phenoxy) is 1. The number of carbonyl (C=O) groups is 2. The molecule has 0 bridgehead atoms. The van der Waals surface area contributed by atoms with Crippen molar-refractivity contribution in [2.75, 3.05) is 11.9 Å².